The van der Waals surface area contributed by atoms with Crippen molar-refractivity contribution in [2.75, 3.05) is 13.1 Å². The minimum atomic E-state index is 0.182. The summed E-state index contributed by atoms with van der Waals surface area (Å²) >= 11 is 0. The molecule has 2 heterocycles. The molecule has 86 valence electrons. The van der Waals surface area contributed by atoms with Crippen LogP contribution in [0.2, 0.25) is 0 Å². The molecule has 0 spiro atoms. The SMILES string of the molecule is CC(=O)CC(c1ccccn1)N1CCCC1. The first kappa shape index (κ1) is 11.3. The van der Waals surface area contributed by atoms with Crippen molar-refractivity contribution >= 4 is 5.78 Å². The highest BCUT2D eigenvalue weighted by molar-refractivity contribution is 5.76. The molecule has 0 saturated carbocycles. The fourth-order valence-electron chi connectivity index (χ4n) is 2.32. The summed E-state index contributed by atoms with van der Waals surface area (Å²) in [4.78, 5) is 18.1. The van der Waals surface area contributed by atoms with Gasteiger partial charge >= 0.3 is 0 Å². The van der Waals surface area contributed by atoms with Gasteiger partial charge in [0.2, 0.25) is 0 Å². The van der Waals surface area contributed by atoms with Gasteiger partial charge in [0.25, 0.3) is 0 Å². The van der Waals surface area contributed by atoms with Gasteiger partial charge in [0.1, 0.15) is 5.78 Å². The fourth-order valence-corrected chi connectivity index (χ4v) is 2.32. The molecular formula is C13H18N2O. The number of likely N-dealkylation sites (tertiary alicyclic amines) is 1. The van der Waals surface area contributed by atoms with E-state index in [1.807, 2.05) is 18.2 Å². The quantitative estimate of drug-likeness (QED) is 0.776. The molecule has 0 N–H and O–H groups in total. The van der Waals surface area contributed by atoms with E-state index in [1.54, 1.807) is 13.1 Å². The summed E-state index contributed by atoms with van der Waals surface area (Å²) in [7, 11) is 0. The number of carbonyl (C=O) groups excluding carboxylic acids is 1. The zero-order valence-electron chi connectivity index (χ0n) is 9.72. The lowest BCUT2D eigenvalue weighted by Crippen LogP contribution is -2.27. The molecule has 0 radical (unpaired) electrons. The maximum Gasteiger partial charge on any atom is 0.131 e. The van der Waals surface area contributed by atoms with Crippen molar-refractivity contribution in [1.82, 2.24) is 9.88 Å². The molecule has 0 amide bonds. The Balaban J connectivity index is 2.16. The van der Waals surface area contributed by atoms with Crippen molar-refractivity contribution < 1.29 is 4.79 Å². The zero-order valence-corrected chi connectivity index (χ0v) is 9.72. The lowest BCUT2D eigenvalue weighted by atomic mass is 10.1. The number of pyridine rings is 1. The Labute approximate surface area is 96.5 Å². The molecule has 1 fully saturated rings. The van der Waals surface area contributed by atoms with Crippen LogP contribution in [0.1, 0.15) is 37.9 Å². The van der Waals surface area contributed by atoms with E-state index in [4.69, 9.17) is 0 Å². The van der Waals surface area contributed by atoms with Crippen LogP contribution < -0.4 is 0 Å². The lowest BCUT2D eigenvalue weighted by molar-refractivity contribution is -0.118. The Morgan fingerprint density at radius 2 is 2.19 bits per heavy atom. The number of rotatable bonds is 4. The van der Waals surface area contributed by atoms with Gasteiger partial charge in [-0.2, -0.15) is 0 Å². The van der Waals surface area contributed by atoms with Crippen LogP contribution >= 0.6 is 0 Å². The second-order valence-corrected chi connectivity index (χ2v) is 4.42. The van der Waals surface area contributed by atoms with Crippen molar-refractivity contribution in [3.63, 3.8) is 0 Å². The zero-order chi connectivity index (χ0) is 11.4. The molecule has 1 aromatic heterocycles. The van der Waals surface area contributed by atoms with Gasteiger partial charge in [-0.15, -0.1) is 0 Å². The molecule has 0 aliphatic carbocycles. The van der Waals surface area contributed by atoms with Crippen LogP contribution in [0.15, 0.2) is 24.4 Å². The Bertz CT molecular complexity index is 344. The van der Waals surface area contributed by atoms with Gasteiger partial charge in [-0.25, -0.2) is 0 Å². The summed E-state index contributed by atoms with van der Waals surface area (Å²) in [6.07, 6.45) is 4.86. The molecule has 1 aliphatic heterocycles. The molecule has 3 nitrogen and oxygen atoms in total. The second kappa shape index (κ2) is 5.21. The first-order chi connectivity index (χ1) is 7.77. The molecule has 2 rings (SSSR count). The normalized spacial score (nSPS) is 18.6. The average Bonchev–Trinajstić information content (AvgIpc) is 2.80. The summed E-state index contributed by atoms with van der Waals surface area (Å²) in [6.45, 7) is 3.84. The largest absolute Gasteiger partial charge is 0.300 e. The highest BCUT2D eigenvalue weighted by atomic mass is 16.1. The summed E-state index contributed by atoms with van der Waals surface area (Å²) < 4.78 is 0. The van der Waals surface area contributed by atoms with Gasteiger partial charge in [0, 0.05) is 12.6 Å². The second-order valence-electron chi connectivity index (χ2n) is 4.42. The van der Waals surface area contributed by atoms with E-state index in [9.17, 15) is 4.79 Å². The van der Waals surface area contributed by atoms with Crippen LogP contribution in [0, 0.1) is 0 Å². The van der Waals surface area contributed by atoms with Crippen LogP contribution in [-0.4, -0.2) is 28.8 Å². The van der Waals surface area contributed by atoms with Gasteiger partial charge in [0.05, 0.1) is 11.7 Å². The van der Waals surface area contributed by atoms with Crippen molar-refractivity contribution in [3.05, 3.63) is 30.1 Å². The standard InChI is InChI=1S/C13H18N2O/c1-11(16)10-13(15-8-4-5-9-15)12-6-2-3-7-14-12/h2-3,6-7,13H,4-5,8-10H2,1H3. The molecule has 1 aliphatic rings. The molecule has 1 unspecified atom stereocenters. The fraction of sp³-hybridized carbons (Fsp3) is 0.538. The monoisotopic (exact) mass is 218 g/mol. The molecule has 3 heteroatoms. The first-order valence-corrected chi connectivity index (χ1v) is 5.92. The smallest absolute Gasteiger partial charge is 0.131 e. The average molecular weight is 218 g/mol. The Morgan fingerprint density at radius 1 is 1.44 bits per heavy atom. The van der Waals surface area contributed by atoms with E-state index in [2.05, 4.69) is 9.88 Å². The number of Topliss-reactive ketones (excluding diaryl/α,β-unsaturated/α-hetero) is 1. The van der Waals surface area contributed by atoms with Gasteiger partial charge in [-0.1, -0.05) is 6.07 Å². The topological polar surface area (TPSA) is 33.2 Å². The van der Waals surface area contributed by atoms with Gasteiger partial charge in [-0.05, 0) is 45.0 Å². The number of nitrogens with zero attached hydrogens (tertiary/aromatic N) is 2. The van der Waals surface area contributed by atoms with Crippen LogP contribution in [0.25, 0.3) is 0 Å². The summed E-state index contributed by atoms with van der Waals surface area (Å²) in [5.74, 6) is 0.238. The van der Waals surface area contributed by atoms with Crippen LogP contribution in [0.3, 0.4) is 0 Å². The Hall–Kier alpha value is -1.22. The predicted octanol–water partition coefficient (Wildman–Crippen LogP) is 2.20. The number of aromatic nitrogens is 1. The van der Waals surface area contributed by atoms with E-state index < -0.39 is 0 Å². The molecular weight excluding hydrogens is 200 g/mol. The summed E-state index contributed by atoms with van der Waals surface area (Å²) in [6, 6.07) is 6.11. The maximum atomic E-state index is 11.3. The molecule has 0 bridgehead atoms. The van der Waals surface area contributed by atoms with Crippen molar-refractivity contribution in [2.24, 2.45) is 0 Å². The minimum Gasteiger partial charge on any atom is -0.300 e. The van der Waals surface area contributed by atoms with E-state index in [0.717, 1.165) is 18.8 Å². The number of carbonyl (C=O) groups is 1. The van der Waals surface area contributed by atoms with Crippen LogP contribution in [0.4, 0.5) is 0 Å². The molecule has 0 aromatic carbocycles. The maximum absolute atomic E-state index is 11.3. The number of hydrogen-bond donors (Lipinski definition) is 0. The Morgan fingerprint density at radius 3 is 2.75 bits per heavy atom. The third-order valence-electron chi connectivity index (χ3n) is 3.09. The molecule has 1 saturated heterocycles. The summed E-state index contributed by atoms with van der Waals surface area (Å²) in [5.41, 5.74) is 1.03. The van der Waals surface area contributed by atoms with Crippen molar-refractivity contribution in [1.29, 1.82) is 0 Å². The van der Waals surface area contributed by atoms with E-state index in [1.165, 1.54) is 12.8 Å². The summed E-state index contributed by atoms with van der Waals surface area (Å²) in [5, 5.41) is 0. The van der Waals surface area contributed by atoms with E-state index >= 15 is 0 Å². The van der Waals surface area contributed by atoms with Gasteiger partial charge in [0.15, 0.2) is 0 Å². The highest BCUT2D eigenvalue weighted by Crippen LogP contribution is 2.26. The highest BCUT2D eigenvalue weighted by Gasteiger charge is 2.25. The van der Waals surface area contributed by atoms with Crippen molar-refractivity contribution in [3.8, 4) is 0 Å². The molecule has 1 aromatic rings. The minimum absolute atomic E-state index is 0.182. The number of ketones is 1. The third-order valence-corrected chi connectivity index (χ3v) is 3.09. The number of hydrogen-bond acceptors (Lipinski definition) is 3. The van der Waals surface area contributed by atoms with E-state index in [0.29, 0.717) is 6.42 Å². The van der Waals surface area contributed by atoms with Gasteiger partial charge < -0.3 is 0 Å². The predicted molar refractivity (Wildman–Crippen MR) is 63.1 cm³/mol. The van der Waals surface area contributed by atoms with Gasteiger partial charge in [-0.3, -0.25) is 14.7 Å². The van der Waals surface area contributed by atoms with Crippen LogP contribution in [-0.2, 0) is 4.79 Å². The first-order valence-electron chi connectivity index (χ1n) is 5.92. The van der Waals surface area contributed by atoms with Crippen LogP contribution in [0.5, 0.6) is 0 Å². The van der Waals surface area contributed by atoms with E-state index in [-0.39, 0.29) is 11.8 Å². The van der Waals surface area contributed by atoms with Crippen molar-refractivity contribution in [2.45, 2.75) is 32.2 Å². The third kappa shape index (κ3) is 2.67. The lowest BCUT2D eigenvalue weighted by Gasteiger charge is -2.26. The Kier molecular flexibility index (Phi) is 3.67. The molecule has 16 heavy (non-hydrogen) atoms. The molecule has 1 atom stereocenters.